The molecule has 0 aliphatic carbocycles. The minimum atomic E-state index is -0.155. The number of nitrogens with zero attached hydrogens (tertiary/aromatic N) is 3. The van der Waals surface area contributed by atoms with Gasteiger partial charge in [-0.25, -0.2) is 0 Å². The standard InChI is InChI=1S/C24H23ClN4O2/c25-17-5-6-18-20(13-17)27-24(29-12-9-26-23(18)29)7-10-28(11-8-24)14-16-15-31-21-4-2-1-3-19(21)22(16)30/h1-6,13,15,27H,7-12,14H2. The van der Waals surface area contributed by atoms with E-state index in [2.05, 4.69) is 21.2 Å². The van der Waals surface area contributed by atoms with Crippen LogP contribution in [-0.2, 0) is 6.54 Å². The second-order valence-electron chi connectivity index (χ2n) is 8.57. The summed E-state index contributed by atoms with van der Waals surface area (Å²) in [6.45, 7) is 4.13. The highest BCUT2D eigenvalue weighted by Crippen LogP contribution is 2.40. The SMILES string of the molecule is O=c1c(CN2CCC3(CC2)Nc2cc(Cl)ccc2C2=NCCN23)coc2ccccc12. The van der Waals surface area contributed by atoms with E-state index < -0.39 is 0 Å². The number of para-hydroxylation sites is 1. The molecule has 0 radical (unpaired) electrons. The summed E-state index contributed by atoms with van der Waals surface area (Å²) in [6, 6.07) is 13.4. The number of piperidine rings is 1. The van der Waals surface area contributed by atoms with Crippen molar-refractivity contribution >= 4 is 34.1 Å². The summed E-state index contributed by atoms with van der Waals surface area (Å²) < 4.78 is 5.71. The van der Waals surface area contributed by atoms with Crippen molar-refractivity contribution in [1.82, 2.24) is 9.80 Å². The zero-order chi connectivity index (χ0) is 21.0. The third-order valence-corrected chi connectivity index (χ3v) is 7.01. The number of hydrogen-bond acceptors (Lipinski definition) is 6. The highest BCUT2D eigenvalue weighted by molar-refractivity contribution is 6.31. The second-order valence-corrected chi connectivity index (χ2v) is 9.00. The van der Waals surface area contributed by atoms with Crippen LogP contribution in [0.1, 0.15) is 24.0 Å². The molecule has 31 heavy (non-hydrogen) atoms. The first-order chi connectivity index (χ1) is 15.1. The predicted octanol–water partition coefficient (Wildman–Crippen LogP) is 3.93. The van der Waals surface area contributed by atoms with Gasteiger partial charge in [0.15, 0.2) is 5.43 Å². The lowest BCUT2D eigenvalue weighted by molar-refractivity contribution is 0.0891. The van der Waals surface area contributed by atoms with Crippen molar-refractivity contribution in [2.24, 2.45) is 4.99 Å². The molecule has 0 atom stereocenters. The zero-order valence-corrected chi connectivity index (χ0v) is 17.9. The molecular formula is C24H23ClN4O2. The molecule has 2 aromatic carbocycles. The Bertz CT molecular complexity index is 1260. The molecule has 0 unspecified atom stereocenters. The quantitative estimate of drug-likeness (QED) is 0.662. The minimum Gasteiger partial charge on any atom is -0.464 e. The average Bonchev–Trinajstić information content (AvgIpc) is 3.29. The molecule has 0 saturated carbocycles. The van der Waals surface area contributed by atoms with Gasteiger partial charge >= 0.3 is 0 Å². The van der Waals surface area contributed by atoms with Gasteiger partial charge in [0.1, 0.15) is 17.1 Å². The van der Waals surface area contributed by atoms with Gasteiger partial charge in [-0.05, 0) is 30.3 Å². The van der Waals surface area contributed by atoms with Crippen molar-refractivity contribution in [2.75, 3.05) is 31.5 Å². The number of anilines is 1. The molecule has 7 heteroatoms. The summed E-state index contributed by atoms with van der Waals surface area (Å²) in [5.41, 5.74) is 3.45. The van der Waals surface area contributed by atoms with Crippen LogP contribution >= 0.6 is 11.6 Å². The van der Waals surface area contributed by atoms with Crippen LogP contribution in [0.25, 0.3) is 11.0 Å². The van der Waals surface area contributed by atoms with E-state index in [0.717, 1.165) is 61.1 Å². The van der Waals surface area contributed by atoms with E-state index in [4.69, 9.17) is 21.0 Å². The van der Waals surface area contributed by atoms with Gasteiger partial charge in [0.05, 0.1) is 18.2 Å². The minimum absolute atomic E-state index is 0.0652. The zero-order valence-electron chi connectivity index (χ0n) is 17.1. The maximum Gasteiger partial charge on any atom is 0.197 e. The summed E-state index contributed by atoms with van der Waals surface area (Å²) in [4.78, 5) is 22.5. The van der Waals surface area contributed by atoms with E-state index in [1.807, 2.05) is 36.4 Å². The number of fused-ring (bicyclic) bond motifs is 5. The van der Waals surface area contributed by atoms with Crippen LogP contribution in [0.15, 0.2) is 62.9 Å². The van der Waals surface area contributed by atoms with Gasteiger partial charge in [-0.2, -0.15) is 0 Å². The van der Waals surface area contributed by atoms with Crippen molar-refractivity contribution in [2.45, 2.75) is 25.0 Å². The smallest absolute Gasteiger partial charge is 0.197 e. The summed E-state index contributed by atoms with van der Waals surface area (Å²) in [5, 5.41) is 5.18. The first-order valence-electron chi connectivity index (χ1n) is 10.7. The highest BCUT2D eigenvalue weighted by atomic mass is 35.5. The van der Waals surface area contributed by atoms with Crippen molar-refractivity contribution in [3.8, 4) is 0 Å². The van der Waals surface area contributed by atoms with Crippen molar-refractivity contribution in [1.29, 1.82) is 0 Å². The largest absolute Gasteiger partial charge is 0.464 e. The Morgan fingerprint density at radius 1 is 1.13 bits per heavy atom. The fourth-order valence-corrected chi connectivity index (χ4v) is 5.34. The van der Waals surface area contributed by atoms with E-state index in [1.54, 1.807) is 6.26 Å². The first-order valence-corrected chi connectivity index (χ1v) is 11.1. The Morgan fingerprint density at radius 3 is 2.84 bits per heavy atom. The molecule has 3 aliphatic rings. The van der Waals surface area contributed by atoms with Crippen LogP contribution < -0.4 is 10.7 Å². The molecule has 0 bridgehead atoms. The number of halogens is 1. The predicted molar refractivity (Wildman–Crippen MR) is 123 cm³/mol. The molecule has 1 N–H and O–H groups in total. The van der Waals surface area contributed by atoms with Crippen molar-refractivity contribution in [3.63, 3.8) is 0 Å². The van der Waals surface area contributed by atoms with E-state index in [0.29, 0.717) is 23.1 Å². The Morgan fingerprint density at radius 2 is 1.97 bits per heavy atom. The molecule has 1 saturated heterocycles. The molecule has 6 rings (SSSR count). The molecule has 158 valence electrons. The molecular weight excluding hydrogens is 412 g/mol. The molecule has 1 fully saturated rings. The summed E-state index contributed by atoms with van der Waals surface area (Å²) in [7, 11) is 0. The normalized spacial score (nSPS) is 19.8. The molecule has 3 aliphatic heterocycles. The monoisotopic (exact) mass is 434 g/mol. The van der Waals surface area contributed by atoms with E-state index in [1.165, 1.54) is 0 Å². The lowest BCUT2D eigenvalue weighted by Gasteiger charge is -2.52. The summed E-state index contributed by atoms with van der Waals surface area (Å²) in [6.07, 6.45) is 3.51. The molecule has 3 aromatic rings. The van der Waals surface area contributed by atoms with Crippen LogP contribution in [0.2, 0.25) is 5.02 Å². The summed E-state index contributed by atoms with van der Waals surface area (Å²) >= 11 is 6.28. The number of nitrogens with one attached hydrogen (secondary N) is 1. The van der Waals surface area contributed by atoms with Gasteiger partial charge < -0.3 is 14.6 Å². The maximum atomic E-state index is 12.9. The number of rotatable bonds is 2. The number of benzene rings is 2. The van der Waals surface area contributed by atoms with Crippen LogP contribution in [0.4, 0.5) is 5.69 Å². The molecule has 1 aromatic heterocycles. The van der Waals surface area contributed by atoms with Gasteiger partial charge in [-0.15, -0.1) is 0 Å². The van der Waals surface area contributed by atoms with E-state index >= 15 is 0 Å². The van der Waals surface area contributed by atoms with Gasteiger partial charge in [-0.3, -0.25) is 14.7 Å². The van der Waals surface area contributed by atoms with Crippen LogP contribution in [0.3, 0.4) is 0 Å². The summed E-state index contributed by atoms with van der Waals surface area (Å²) in [5.74, 6) is 1.08. The van der Waals surface area contributed by atoms with Crippen molar-refractivity contribution in [3.05, 3.63) is 75.1 Å². The maximum absolute atomic E-state index is 12.9. The second kappa shape index (κ2) is 7.11. The van der Waals surface area contributed by atoms with Crippen LogP contribution in [0.5, 0.6) is 0 Å². The van der Waals surface area contributed by atoms with Crippen LogP contribution in [0, 0.1) is 0 Å². The molecule has 1 spiro atoms. The van der Waals surface area contributed by atoms with Gasteiger partial charge in [0.25, 0.3) is 0 Å². The number of likely N-dealkylation sites (tertiary alicyclic amines) is 1. The molecule has 4 heterocycles. The Hall–Kier alpha value is -2.83. The first kappa shape index (κ1) is 18.9. The number of hydrogen-bond donors (Lipinski definition) is 1. The lowest BCUT2D eigenvalue weighted by Crippen LogP contribution is -2.63. The Balaban J connectivity index is 1.24. The van der Waals surface area contributed by atoms with E-state index in [9.17, 15) is 4.79 Å². The van der Waals surface area contributed by atoms with Gasteiger partial charge in [-0.1, -0.05) is 23.7 Å². The van der Waals surface area contributed by atoms with E-state index in [-0.39, 0.29) is 11.1 Å². The Kier molecular flexibility index (Phi) is 4.33. The third kappa shape index (κ3) is 3.05. The molecule has 6 nitrogen and oxygen atoms in total. The fraction of sp³-hybridized carbons (Fsp3) is 0.333. The van der Waals surface area contributed by atoms with Gasteiger partial charge in [0, 0.05) is 60.9 Å². The Labute approximate surface area is 185 Å². The lowest BCUT2D eigenvalue weighted by atomic mass is 9.90. The topological polar surface area (TPSA) is 61.1 Å². The number of aliphatic imine (C=N–C) groups is 1. The van der Waals surface area contributed by atoms with Gasteiger partial charge in [0.2, 0.25) is 0 Å². The highest BCUT2D eigenvalue weighted by Gasteiger charge is 2.46. The third-order valence-electron chi connectivity index (χ3n) is 6.78. The molecule has 0 amide bonds. The van der Waals surface area contributed by atoms with Crippen molar-refractivity contribution < 1.29 is 4.42 Å². The van der Waals surface area contributed by atoms with Crippen LogP contribution in [-0.4, -0.2) is 47.5 Å². The number of amidine groups is 1. The average molecular weight is 435 g/mol. The fourth-order valence-electron chi connectivity index (χ4n) is 5.17.